The maximum absolute atomic E-state index is 11.5. The standard InChI is InChI=1S/C16H21NO4/c1-4-14(20-10-12-8-6-5-7-9-12)13-11-21-16(2,3)17(13)15(18)19/h4-9,13-14H,1,10-11H2,2-3H3,(H,18,19)/t13?,14-/m1/s1. The fourth-order valence-corrected chi connectivity index (χ4v) is 2.55. The van der Waals surface area contributed by atoms with Gasteiger partial charge in [-0.05, 0) is 19.4 Å². The average molecular weight is 291 g/mol. The van der Waals surface area contributed by atoms with Crippen molar-refractivity contribution in [2.75, 3.05) is 6.61 Å². The van der Waals surface area contributed by atoms with Gasteiger partial charge in [0.15, 0.2) is 0 Å². The molecule has 0 aromatic heterocycles. The van der Waals surface area contributed by atoms with Crippen LogP contribution in [0.15, 0.2) is 43.0 Å². The summed E-state index contributed by atoms with van der Waals surface area (Å²) in [5.74, 6) is 0. The van der Waals surface area contributed by atoms with Crippen LogP contribution in [0.4, 0.5) is 4.79 Å². The maximum Gasteiger partial charge on any atom is 0.410 e. The Bertz CT molecular complexity index is 500. The summed E-state index contributed by atoms with van der Waals surface area (Å²) in [7, 11) is 0. The Balaban J connectivity index is 2.07. The average Bonchev–Trinajstić information content (AvgIpc) is 2.76. The van der Waals surface area contributed by atoms with Crippen molar-refractivity contribution in [3.8, 4) is 0 Å². The minimum Gasteiger partial charge on any atom is -0.465 e. The van der Waals surface area contributed by atoms with Crippen molar-refractivity contribution in [1.82, 2.24) is 4.90 Å². The number of amides is 1. The molecule has 1 amide bonds. The van der Waals surface area contributed by atoms with Gasteiger partial charge in [0, 0.05) is 0 Å². The zero-order valence-corrected chi connectivity index (χ0v) is 12.4. The Morgan fingerprint density at radius 3 is 2.81 bits per heavy atom. The van der Waals surface area contributed by atoms with Gasteiger partial charge in [-0.3, -0.25) is 4.90 Å². The topological polar surface area (TPSA) is 59.0 Å². The van der Waals surface area contributed by atoms with E-state index in [9.17, 15) is 9.90 Å². The van der Waals surface area contributed by atoms with E-state index in [0.717, 1.165) is 5.56 Å². The minimum atomic E-state index is -1.02. The molecule has 5 heteroatoms. The van der Waals surface area contributed by atoms with Gasteiger partial charge in [-0.15, -0.1) is 6.58 Å². The first kappa shape index (κ1) is 15.5. The highest BCUT2D eigenvalue weighted by molar-refractivity contribution is 5.67. The quantitative estimate of drug-likeness (QED) is 0.847. The van der Waals surface area contributed by atoms with Crippen molar-refractivity contribution >= 4 is 6.09 Å². The van der Waals surface area contributed by atoms with Crippen LogP contribution in [0.2, 0.25) is 0 Å². The van der Waals surface area contributed by atoms with Crippen LogP contribution in [0.1, 0.15) is 19.4 Å². The number of hydrogen-bond donors (Lipinski definition) is 1. The van der Waals surface area contributed by atoms with Gasteiger partial charge < -0.3 is 14.6 Å². The molecule has 1 unspecified atom stereocenters. The molecular formula is C16H21NO4. The van der Waals surface area contributed by atoms with E-state index in [1.54, 1.807) is 19.9 Å². The maximum atomic E-state index is 11.5. The van der Waals surface area contributed by atoms with Crippen molar-refractivity contribution in [2.24, 2.45) is 0 Å². The van der Waals surface area contributed by atoms with Gasteiger partial charge >= 0.3 is 6.09 Å². The van der Waals surface area contributed by atoms with Crippen molar-refractivity contribution in [3.05, 3.63) is 48.6 Å². The van der Waals surface area contributed by atoms with E-state index in [0.29, 0.717) is 13.2 Å². The summed E-state index contributed by atoms with van der Waals surface area (Å²) < 4.78 is 11.4. The number of benzene rings is 1. The molecule has 1 aromatic rings. The second kappa shape index (κ2) is 6.28. The molecule has 21 heavy (non-hydrogen) atoms. The Hall–Kier alpha value is -1.85. The van der Waals surface area contributed by atoms with Gasteiger partial charge in [-0.1, -0.05) is 36.4 Å². The Morgan fingerprint density at radius 2 is 2.24 bits per heavy atom. The normalized spacial score (nSPS) is 22.0. The molecule has 1 fully saturated rings. The lowest BCUT2D eigenvalue weighted by atomic mass is 10.1. The third-order valence-electron chi connectivity index (χ3n) is 3.62. The molecule has 1 aromatic carbocycles. The van der Waals surface area contributed by atoms with Gasteiger partial charge in [0.1, 0.15) is 5.72 Å². The third kappa shape index (κ3) is 3.43. The van der Waals surface area contributed by atoms with Crippen LogP contribution in [0.3, 0.4) is 0 Å². The monoisotopic (exact) mass is 291 g/mol. The van der Waals surface area contributed by atoms with Crippen molar-refractivity contribution in [2.45, 2.75) is 38.3 Å². The molecule has 1 heterocycles. The Kier molecular flexibility index (Phi) is 4.65. The summed E-state index contributed by atoms with van der Waals surface area (Å²) in [6.07, 6.45) is 0.203. The predicted octanol–water partition coefficient (Wildman–Crippen LogP) is 2.87. The minimum absolute atomic E-state index is 0.296. The van der Waals surface area contributed by atoms with Crippen molar-refractivity contribution in [1.29, 1.82) is 0 Å². The fourth-order valence-electron chi connectivity index (χ4n) is 2.55. The molecule has 0 saturated carbocycles. The number of rotatable bonds is 5. The first-order valence-electron chi connectivity index (χ1n) is 6.90. The van der Waals surface area contributed by atoms with Gasteiger partial charge in [-0.2, -0.15) is 0 Å². The van der Waals surface area contributed by atoms with E-state index in [-0.39, 0.29) is 0 Å². The summed E-state index contributed by atoms with van der Waals surface area (Å²) >= 11 is 0. The highest BCUT2D eigenvalue weighted by atomic mass is 16.5. The molecule has 0 spiro atoms. The summed E-state index contributed by atoms with van der Waals surface area (Å²) in [6.45, 7) is 7.93. The molecule has 1 aliphatic rings. The number of carboxylic acid groups (broad SMARTS) is 1. The largest absolute Gasteiger partial charge is 0.465 e. The summed E-state index contributed by atoms with van der Waals surface area (Å²) in [4.78, 5) is 12.8. The van der Waals surface area contributed by atoms with Crippen LogP contribution in [0, 0.1) is 0 Å². The van der Waals surface area contributed by atoms with E-state index >= 15 is 0 Å². The second-order valence-corrected chi connectivity index (χ2v) is 5.47. The van der Waals surface area contributed by atoms with Gasteiger partial charge in [-0.25, -0.2) is 4.79 Å². The third-order valence-corrected chi connectivity index (χ3v) is 3.62. The zero-order chi connectivity index (χ0) is 15.5. The van der Waals surface area contributed by atoms with E-state index in [1.807, 2.05) is 30.3 Å². The zero-order valence-electron chi connectivity index (χ0n) is 12.4. The highest BCUT2D eigenvalue weighted by Crippen LogP contribution is 2.30. The van der Waals surface area contributed by atoms with Crippen LogP contribution in [0.5, 0.6) is 0 Å². The predicted molar refractivity (Wildman–Crippen MR) is 78.9 cm³/mol. The van der Waals surface area contributed by atoms with Crippen molar-refractivity contribution < 1.29 is 19.4 Å². The smallest absolute Gasteiger partial charge is 0.410 e. The molecule has 114 valence electrons. The SMILES string of the molecule is C=C[C@@H](OCc1ccccc1)C1COC(C)(C)N1C(=O)O. The van der Waals surface area contributed by atoms with Gasteiger partial charge in [0.25, 0.3) is 0 Å². The van der Waals surface area contributed by atoms with Crippen LogP contribution in [-0.2, 0) is 16.1 Å². The first-order chi connectivity index (χ1) is 9.95. The first-order valence-corrected chi connectivity index (χ1v) is 6.90. The molecule has 0 radical (unpaired) electrons. The van der Waals surface area contributed by atoms with Crippen molar-refractivity contribution in [3.63, 3.8) is 0 Å². The molecule has 1 aliphatic heterocycles. The van der Waals surface area contributed by atoms with Crippen LogP contribution in [-0.4, -0.2) is 40.6 Å². The summed E-state index contributed by atoms with van der Waals surface area (Å²) in [6, 6.07) is 9.35. The number of nitrogens with zero attached hydrogens (tertiary/aromatic N) is 1. The second-order valence-electron chi connectivity index (χ2n) is 5.47. The van der Waals surface area contributed by atoms with Crippen LogP contribution < -0.4 is 0 Å². The van der Waals surface area contributed by atoms with Gasteiger partial charge in [0.2, 0.25) is 0 Å². The molecule has 1 saturated heterocycles. The molecule has 2 atom stereocenters. The molecule has 5 nitrogen and oxygen atoms in total. The number of hydrogen-bond acceptors (Lipinski definition) is 3. The van der Waals surface area contributed by atoms with Crippen LogP contribution in [0.25, 0.3) is 0 Å². The number of ether oxygens (including phenoxy) is 2. The lowest BCUT2D eigenvalue weighted by molar-refractivity contribution is -0.0489. The van der Waals surface area contributed by atoms with E-state index in [1.165, 1.54) is 4.90 Å². The lowest BCUT2D eigenvalue weighted by Crippen LogP contribution is -2.51. The molecule has 1 N–H and O–H groups in total. The van der Waals surface area contributed by atoms with E-state index < -0.39 is 24.0 Å². The van der Waals surface area contributed by atoms with E-state index in [2.05, 4.69) is 6.58 Å². The summed E-state index contributed by atoms with van der Waals surface area (Å²) in [5.41, 5.74) is 0.179. The van der Waals surface area contributed by atoms with Gasteiger partial charge in [0.05, 0.1) is 25.4 Å². The molecule has 2 rings (SSSR count). The number of carbonyl (C=O) groups is 1. The Morgan fingerprint density at radius 1 is 1.57 bits per heavy atom. The molecule has 0 bridgehead atoms. The highest BCUT2D eigenvalue weighted by Gasteiger charge is 2.46. The molecule has 0 aliphatic carbocycles. The van der Waals surface area contributed by atoms with E-state index in [4.69, 9.17) is 9.47 Å². The Labute approximate surface area is 124 Å². The molecular weight excluding hydrogens is 270 g/mol. The summed E-state index contributed by atoms with van der Waals surface area (Å²) in [5, 5.41) is 9.41. The fraction of sp³-hybridized carbons (Fsp3) is 0.438. The van der Waals surface area contributed by atoms with Crippen LogP contribution >= 0.6 is 0 Å². The lowest BCUT2D eigenvalue weighted by Gasteiger charge is -2.33.